The predicted octanol–water partition coefficient (Wildman–Crippen LogP) is 18.1. The molecule has 0 spiro atoms. The molecule has 13 aromatic carbocycles. The Hall–Kier alpha value is -8.98. The molecule has 0 aliphatic rings. The molecule has 2 aromatic heterocycles. The lowest BCUT2D eigenvalue weighted by Crippen LogP contribution is -1.97. The Labute approximate surface area is 391 Å². The van der Waals surface area contributed by atoms with E-state index < -0.39 is 0 Å². The first-order valence-electron chi connectivity index (χ1n) is 23.6. The minimum atomic E-state index is 1.17. The number of hydrogen-bond acceptors (Lipinski definition) is 0. The summed E-state index contributed by atoms with van der Waals surface area (Å²) in [7, 11) is 0. The number of nitrogens with zero attached hydrogens (tertiary/aromatic N) is 2. The van der Waals surface area contributed by atoms with Gasteiger partial charge in [-0.05, 0) is 148 Å². The molecule has 314 valence electrons. The summed E-state index contributed by atoms with van der Waals surface area (Å²) in [6.45, 7) is 0. The highest BCUT2D eigenvalue weighted by Gasteiger charge is 2.20. The fraction of sp³-hybridized carbons (Fsp3) is 0. The number of rotatable bonds is 4. The molecule has 0 N–H and O–H groups in total. The first-order chi connectivity index (χ1) is 33.7. The Morgan fingerprint density at radius 3 is 1.09 bits per heavy atom. The van der Waals surface area contributed by atoms with E-state index in [0.717, 1.165) is 0 Å². The topological polar surface area (TPSA) is 9.86 Å². The van der Waals surface area contributed by atoms with Gasteiger partial charge in [-0.3, -0.25) is 0 Å². The van der Waals surface area contributed by atoms with E-state index in [9.17, 15) is 0 Å². The van der Waals surface area contributed by atoms with E-state index in [0.29, 0.717) is 0 Å². The van der Waals surface area contributed by atoms with Gasteiger partial charge in [0.1, 0.15) is 0 Å². The van der Waals surface area contributed by atoms with Crippen LogP contribution in [0.1, 0.15) is 0 Å². The Morgan fingerprint density at radius 1 is 0.191 bits per heavy atom. The second-order valence-corrected chi connectivity index (χ2v) is 18.4. The average molecular weight is 861 g/mol. The molecular formula is C66H40N2. The van der Waals surface area contributed by atoms with Gasteiger partial charge < -0.3 is 9.13 Å². The average Bonchev–Trinajstić information content (AvgIpc) is 3.93. The van der Waals surface area contributed by atoms with Gasteiger partial charge in [0.05, 0.1) is 27.8 Å². The third-order valence-electron chi connectivity index (χ3n) is 14.9. The van der Waals surface area contributed by atoms with Gasteiger partial charge in [-0.2, -0.15) is 0 Å². The van der Waals surface area contributed by atoms with Crippen LogP contribution in [0.2, 0.25) is 0 Å². The highest BCUT2D eigenvalue weighted by Crippen LogP contribution is 2.44. The second kappa shape index (κ2) is 14.3. The van der Waals surface area contributed by atoms with Crippen LogP contribution in [0.15, 0.2) is 243 Å². The van der Waals surface area contributed by atoms with Gasteiger partial charge in [-0.25, -0.2) is 0 Å². The van der Waals surface area contributed by atoms with E-state index in [1.54, 1.807) is 0 Å². The molecule has 0 saturated carbocycles. The summed E-state index contributed by atoms with van der Waals surface area (Å²) in [6, 6.07) is 90.1. The molecule has 0 saturated heterocycles. The largest absolute Gasteiger partial charge is 0.309 e. The van der Waals surface area contributed by atoms with Gasteiger partial charge in [0, 0.05) is 32.6 Å². The van der Waals surface area contributed by atoms with Crippen LogP contribution < -0.4 is 0 Å². The molecule has 0 atom stereocenters. The second-order valence-electron chi connectivity index (χ2n) is 18.4. The van der Waals surface area contributed by atoms with Crippen LogP contribution >= 0.6 is 0 Å². The molecule has 2 nitrogen and oxygen atoms in total. The van der Waals surface area contributed by atoms with E-state index in [1.807, 2.05) is 0 Å². The number of fused-ring (bicyclic) bond motifs is 18. The van der Waals surface area contributed by atoms with E-state index >= 15 is 0 Å². The highest BCUT2D eigenvalue weighted by atomic mass is 15.0. The fourth-order valence-corrected chi connectivity index (χ4v) is 11.9. The zero-order valence-corrected chi connectivity index (χ0v) is 37.0. The lowest BCUT2D eigenvalue weighted by Gasteiger charge is -2.17. The third kappa shape index (κ3) is 5.28. The summed E-state index contributed by atoms with van der Waals surface area (Å²) in [4.78, 5) is 0. The van der Waals surface area contributed by atoms with Crippen molar-refractivity contribution in [2.45, 2.75) is 0 Å². The maximum Gasteiger partial charge on any atom is 0.0547 e. The lowest BCUT2D eigenvalue weighted by molar-refractivity contribution is 1.18. The number of para-hydroxylation sites is 3. The molecule has 0 unspecified atom stereocenters. The van der Waals surface area contributed by atoms with Gasteiger partial charge in [-0.15, -0.1) is 0 Å². The molecule has 2 heteroatoms. The quantitative estimate of drug-likeness (QED) is 0.156. The van der Waals surface area contributed by atoms with Gasteiger partial charge in [0.25, 0.3) is 0 Å². The minimum Gasteiger partial charge on any atom is -0.309 e. The summed E-state index contributed by atoms with van der Waals surface area (Å²) < 4.78 is 4.89. The summed E-state index contributed by atoms with van der Waals surface area (Å²) in [6.07, 6.45) is 0. The molecule has 0 fully saturated rings. The Kier molecular flexibility index (Phi) is 7.81. The number of hydrogen-bond donors (Lipinski definition) is 0. The molecule has 0 amide bonds. The van der Waals surface area contributed by atoms with Crippen LogP contribution in [-0.4, -0.2) is 9.13 Å². The van der Waals surface area contributed by atoms with Crippen LogP contribution in [0.4, 0.5) is 0 Å². The molecule has 0 radical (unpaired) electrons. The summed E-state index contributed by atoms with van der Waals surface area (Å²) >= 11 is 0. The Morgan fingerprint density at radius 2 is 0.529 bits per heavy atom. The van der Waals surface area contributed by atoms with Crippen LogP contribution in [-0.2, 0) is 0 Å². The van der Waals surface area contributed by atoms with Gasteiger partial charge in [-0.1, -0.05) is 176 Å². The monoisotopic (exact) mass is 860 g/mol. The van der Waals surface area contributed by atoms with Crippen molar-refractivity contribution in [1.29, 1.82) is 0 Å². The van der Waals surface area contributed by atoms with E-state index in [-0.39, 0.29) is 0 Å². The SMILES string of the molecule is c1ccc(-n2c3ccccc3c3cc(-c4ccc5c(c4)c4ccccc4n5-c4cccc5c6ccccc6c6cc(-c7ccc8c9ccccc9c9ccccc9c8c7)ccc6c45)ccc32)cc1. The highest BCUT2D eigenvalue weighted by molar-refractivity contribution is 6.29. The molecular weight excluding hydrogens is 821 g/mol. The number of aromatic nitrogens is 2. The summed E-state index contributed by atoms with van der Waals surface area (Å²) in [5, 5.41) is 20.3. The normalized spacial score (nSPS) is 12.1. The third-order valence-corrected chi connectivity index (χ3v) is 14.9. The molecule has 0 aliphatic carbocycles. The predicted molar refractivity (Wildman–Crippen MR) is 291 cm³/mol. The molecule has 0 bridgehead atoms. The minimum absolute atomic E-state index is 1.17. The van der Waals surface area contributed by atoms with Gasteiger partial charge in [0.2, 0.25) is 0 Å². The van der Waals surface area contributed by atoms with E-state index in [1.165, 1.54) is 142 Å². The molecule has 15 aromatic rings. The standard InChI is InChI=1S/C66H40N2/c1-2-15-45(16-3-1)67-61-26-12-10-23-53(61)59-39-43(31-35-63(59)67)44-32-36-64-60(40-44)54-24-11-13-27-62(54)68(64)65-28-14-25-55-49-20-7-9-22-51(49)58-38-42(30-34-56(58)66(55)65)41-29-33-52-48-19-5-4-17-46(48)47-18-6-8-21-50(47)57(52)37-41/h1-40H. The van der Waals surface area contributed by atoms with Crippen LogP contribution in [0.25, 0.3) is 142 Å². The molecule has 2 heterocycles. The maximum atomic E-state index is 2.51. The van der Waals surface area contributed by atoms with E-state index in [2.05, 4.69) is 252 Å². The van der Waals surface area contributed by atoms with Crippen molar-refractivity contribution in [1.82, 2.24) is 9.13 Å². The smallest absolute Gasteiger partial charge is 0.0547 e. The van der Waals surface area contributed by atoms with Crippen LogP contribution in [0.5, 0.6) is 0 Å². The first-order valence-corrected chi connectivity index (χ1v) is 23.6. The zero-order chi connectivity index (χ0) is 44.5. The molecule has 15 rings (SSSR count). The Balaban J connectivity index is 0.930. The van der Waals surface area contributed by atoms with Gasteiger partial charge >= 0.3 is 0 Å². The maximum absolute atomic E-state index is 2.51. The van der Waals surface area contributed by atoms with Gasteiger partial charge in [0.15, 0.2) is 0 Å². The van der Waals surface area contributed by atoms with Crippen molar-refractivity contribution >= 4 is 108 Å². The summed E-state index contributed by atoms with van der Waals surface area (Å²) in [5.74, 6) is 0. The van der Waals surface area contributed by atoms with Crippen molar-refractivity contribution in [2.75, 3.05) is 0 Å². The molecule has 0 aliphatic heterocycles. The summed E-state index contributed by atoms with van der Waals surface area (Å²) in [5.41, 5.74) is 12.0. The van der Waals surface area contributed by atoms with E-state index in [4.69, 9.17) is 0 Å². The van der Waals surface area contributed by atoms with Crippen molar-refractivity contribution in [3.05, 3.63) is 243 Å². The van der Waals surface area contributed by atoms with Crippen molar-refractivity contribution in [3.8, 4) is 33.6 Å². The fourth-order valence-electron chi connectivity index (χ4n) is 11.9. The van der Waals surface area contributed by atoms with Crippen LogP contribution in [0, 0.1) is 0 Å². The Bertz CT molecular complexity index is 4570. The molecule has 68 heavy (non-hydrogen) atoms. The zero-order valence-electron chi connectivity index (χ0n) is 37.0. The number of benzene rings is 13. The lowest BCUT2D eigenvalue weighted by atomic mass is 9.89. The first kappa shape index (κ1) is 37.3. The van der Waals surface area contributed by atoms with Crippen molar-refractivity contribution in [2.24, 2.45) is 0 Å². The van der Waals surface area contributed by atoms with Crippen LogP contribution in [0.3, 0.4) is 0 Å². The van der Waals surface area contributed by atoms with Crippen molar-refractivity contribution in [3.63, 3.8) is 0 Å². The van der Waals surface area contributed by atoms with Crippen molar-refractivity contribution < 1.29 is 0 Å².